The number of rotatable bonds is 10. The van der Waals surface area contributed by atoms with Crippen LogP contribution < -0.4 is 25.6 Å². The Balaban J connectivity index is 1.03. The van der Waals surface area contributed by atoms with Crippen LogP contribution in [0.5, 0.6) is 0 Å². The largest absolute Gasteiger partial charge is 0.456 e. The summed E-state index contributed by atoms with van der Waals surface area (Å²) in [6.07, 6.45) is 0. The molecular formula is C64H49NOSi. The normalized spacial score (nSPS) is 13.3. The van der Waals surface area contributed by atoms with Gasteiger partial charge in [-0.05, 0) is 108 Å². The van der Waals surface area contributed by atoms with Gasteiger partial charge in [0, 0.05) is 39.2 Å². The summed E-state index contributed by atoms with van der Waals surface area (Å²) >= 11 is 0. The van der Waals surface area contributed by atoms with Crippen LogP contribution in [0.15, 0.2) is 259 Å². The van der Waals surface area contributed by atoms with Gasteiger partial charge in [-0.1, -0.05) is 220 Å². The topological polar surface area (TPSA) is 16.4 Å². The highest BCUT2D eigenvalue weighted by atomic mass is 28.3. The molecule has 320 valence electrons. The molecule has 0 N–H and O–H groups in total. The molecule has 3 heteroatoms. The SMILES string of the molecule is CC1(C)c2ccccc2-c2ccc(C(c3ccccc3)c3ccc([Si](c4ccccc4)(c4ccccc4)c4cccc(N(c5ccccc5)c5ccc6oc7ccccc7c6c5)c4)cc3)cc21. The van der Waals surface area contributed by atoms with Crippen molar-refractivity contribution >= 4 is 67.8 Å². The van der Waals surface area contributed by atoms with E-state index < -0.39 is 8.07 Å². The van der Waals surface area contributed by atoms with E-state index in [0.29, 0.717) is 0 Å². The summed E-state index contributed by atoms with van der Waals surface area (Å²) in [5.41, 5.74) is 14.3. The molecule has 0 saturated heterocycles. The number of anilines is 3. The first-order valence-electron chi connectivity index (χ1n) is 23.4. The van der Waals surface area contributed by atoms with E-state index in [0.717, 1.165) is 39.0 Å². The molecule has 0 bridgehead atoms. The fourth-order valence-electron chi connectivity index (χ4n) is 11.2. The number of benzene rings is 10. The fraction of sp³-hybridized carbons (Fsp3) is 0.0625. The molecule has 0 saturated carbocycles. The Labute approximate surface area is 394 Å². The van der Waals surface area contributed by atoms with E-state index in [2.05, 4.69) is 261 Å². The Morgan fingerprint density at radius 2 is 0.881 bits per heavy atom. The van der Waals surface area contributed by atoms with E-state index in [1.807, 2.05) is 12.1 Å². The Kier molecular flexibility index (Phi) is 9.96. The summed E-state index contributed by atoms with van der Waals surface area (Å²) in [6.45, 7) is 4.75. The summed E-state index contributed by atoms with van der Waals surface area (Å²) in [6, 6.07) is 94.4. The maximum Gasteiger partial charge on any atom is 0.179 e. The van der Waals surface area contributed by atoms with Crippen molar-refractivity contribution in [3.05, 3.63) is 283 Å². The molecule has 12 rings (SSSR count). The van der Waals surface area contributed by atoms with E-state index in [9.17, 15) is 0 Å². The molecule has 1 aliphatic rings. The van der Waals surface area contributed by atoms with Crippen molar-refractivity contribution in [2.24, 2.45) is 0 Å². The first-order valence-corrected chi connectivity index (χ1v) is 25.4. The van der Waals surface area contributed by atoms with Crippen LogP contribution in [0.3, 0.4) is 0 Å². The number of furan rings is 1. The van der Waals surface area contributed by atoms with Gasteiger partial charge >= 0.3 is 0 Å². The molecule has 0 fully saturated rings. The van der Waals surface area contributed by atoms with E-state index in [4.69, 9.17) is 4.42 Å². The average Bonchev–Trinajstić information content (AvgIpc) is 3.87. The Morgan fingerprint density at radius 3 is 1.61 bits per heavy atom. The molecular weight excluding hydrogens is 827 g/mol. The quantitative estimate of drug-likeness (QED) is 0.101. The lowest BCUT2D eigenvalue weighted by atomic mass is 9.79. The number of hydrogen-bond acceptors (Lipinski definition) is 2. The molecule has 1 heterocycles. The van der Waals surface area contributed by atoms with Gasteiger partial charge in [-0.25, -0.2) is 0 Å². The summed E-state index contributed by atoms with van der Waals surface area (Å²) in [7, 11) is -2.98. The van der Waals surface area contributed by atoms with Crippen LogP contribution in [0.2, 0.25) is 0 Å². The van der Waals surface area contributed by atoms with Gasteiger partial charge in [0.15, 0.2) is 8.07 Å². The van der Waals surface area contributed by atoms with E-state index in [-0.39, 0.29) is 11.3 Å². The van der Waals surface area contributed by atoms with Crippen LogP contribution in [0.25, 0.3) is 33.1 Å². The van der Waals surface area contributed by atoms with Crippen molar-refractivity contribution < 1.29 is 4.42 Å². The fourth-order valence-corrected chi connectivity index (χ4v) is 15.9. The van der Waals surface area contributed by atoms with E-state index in [1.165, 1.54) is 59.7 Å². The summed E-state index contributed by atoms with van der Waals surface area (Å²) in [5, 5.41) is 7.54. The second-order valence-electron chi connectivity index (χ2n) is 18.4. The Hall–Kier alpha value is -7.98. The standard InChI is InChI=1S/C64H49NOSi/c1-64(2)59-32-17-15-30-55(59)56-40-36-47(42-60(56)64)63(45-20-7-3-8-21-45)46-34-38-53(39-35-46)67(51-25-11-5-12-26-51,52-27-13-6-14-28-52)54-29-19-24-49(43-54)65(48-22-9-4-10-23-48)50-37-41-62-58(44-50)57-31-16-18-33-61(57)66-62/h3-44,63H,1-2H3. The molecule has 11 aromatic rings. The van der Waals surface area contributed by atoms with E-state index in [1.54, 1.807) is 0 Å². The van der Waals surface area contributed by atoms with E-state index >= 15 is 0 Å². The first-order chi connectivity index (χ1) is 33.0. The van der Waals surface area contributed by atoms with Gasteiger partial charge < -0.3 is 9.32 Å². The molecule has 10 aromatic carbocycles. The molecule has 2 nitrogen and oxygen atoms in total. The molecule has 0 radical (unpaired) electrons. The summed E-state index contributed by atoms with van der Waals surface area (Å²) < 4.78 is 6.31. The zero-order valence-electron chi connectivity index (χ0n) is 37.7. The maximum atomic E-state index is 6.31. The average molecular weight is 876 g/mol. The number of nitrogens with zero attached hydrogens (tertiary/aromatic N) is 1. The third kappa shape index (κ3) is 6.77. The van der Waals surface area contributed by atoms with Gasteiger partial charge in [0.05, 0.1) is 0 Å². The van der Waals surface area contributed by atoms with Crippen LogP contribution in [0.4, 0.5) is 17.1 Å². The van der Waals surface area contributed by atoms with Crippen molar-refractivity contribution in [1.29, 1.82) is 0 Å². The second kappa shape index (κ2) is 16.5. The molecule has 0 amide bonds. The number of para-hydroxylation sites is 2. The zero-order chi connectivity index (χ0) is 45.0. The van der Waals surface area contributed by atoms with Crippen LogP contribution in [-0.4, -0.2) is 8.07 Å². The van der Waals surface area contributed by atoms with Gasteiger partial charge in [-0.3, -0.25) is 0 Å². The predicted octanol–water partition coefficient (Wildman–Crippen LogP) is 13.9. The number of fused-ring (bicyclic) bond motifs is 6. The lowest BCUT2D eigenvalue weighted by Gasteiger charge is -2.36. The minimum atomic E-state index is -2.98. The monoisotopic (exact) mass is 875 g/mol. The lowest BCUT2D eigenvalue weighted by Crippen LogP contribution is -2.74. The van der Waals surface area contributed by atoms with Crippen molar-refractivity contribution in [2.75, 3.05) is 4.90 Å². The third-order valence-corrected chi connectivity index (χ3v) is 19.1. The van der Waals surface area contributed by atoms with Crippen LogP contribution in [0, 0.1) is 0 Å². The van der Waals surface area contributed by atoms with Gasteiger partial charge in [0.1, 0.15) is 11.2 Å². The van der Waals surface area contributed by atoms with Crippen LogP contribution in [-0.2, 0) is 5.41 Å². The molecule has 0 spiro atoms. The van der Waals surface area contributed by atoms with Crippen molar-refractivity contribution in [2.45, 2.75) is 25.2 Å². The Morgan fingerprint density at radius 1 is 0.358 bits per heavy atom. The molecule has 1 unspecified atom stereocenters. The zero-order valence-corrected chi connectivity index (χ0v) is 38.7. The first kappa shape index (κ1) is 40.5. The van der Waals surface area contributed by atoms with Crippen LogP contribution in [0.1, 0.15) is 47.6 Å². The van der Waals surface area contributed by atoms with Crippen molar-refractivity contribution in [1.82, 2.24) is 0 Å². The van der Waals surface area contributed by atoms with Gasteiger partial charge in [-0.15, -0.1) is 0 Å². The molecule has 1 aliphatic carbocycles. The minimum absolute atomic E-state index is 0.0528. The smallest absolute Gasteiger partial charge is 0.179 e. The summed E-state index contributed by atoms with van der Waals surface area (Å²) in [5.74, 6) is 0.0528. The van der Waals surface area contributed by atoms with Gasteiger partial charge in [0.2, 0.25) is 0 Å². The molecule has 1 atom stereocenters. The minimum Gasteiger partial charge on any atom is -0.456 e. The third-order valence-electron chi connectivity index (χ3n) is 14.3. The van der Waals surface area contributed by atoms with Gasteiger partial charge in [0.25, 0.3) is 0 Å². The van der Waals surface area contributed by atoms with Gasteiger partial charge in [-0.2, -0.15) is 0 Å². The lowest BCUT2D eigenvalue weighted by molar-refractivity contribution is 0.659. The Bertz CT molecular complexity index is 3500. The molecule has 1 aromatic heterocycles. The highest BCUT2D eigenvalue weighted by Crippen LogP contribution is 2.50. The van der Waals surface area contributed by atoms with Crippen LogP contribution >= 0.6 is 0 Å². The van der Waals surface area contributed by atoms with Crippen molar-refractivity contribution in [3.63, 3.8) is 0 Å². The second-order valence-corrected chi connectivity index (χ2v) is 22.2. The molecule has 67 heavy (non-hydrogen) atoms. The maximum absolute atomic E-state index is 6.31. The highest BCUT2D eigenvalue weighted by Gasteiger charge is 2.42. The predicted molar refractivity (Wildman–Crippen MR) is 283 cm³/mol. The van der Waals surface area contributed by atoms with Crippen molar-refractivity contribution in [3.8, 4) is 11.1 Å². The summed E-state index contributed by atoms with van der Waals surface area (Å²) in [4.78, 5) is 2.39. The number of hydrogen-bond donors (Lipinski definition) is 0. The highest BCUT2D eigenvalue weighted by molar-refractivity contribution is 7.19. The molecule has 0 aliphatic heterocycles.